The number of hydrogen-bond acceptors (Lipinski definition) is 4. The van der Waals surface area contributed by atoms with Crippen LogP contribution >= 0.6 is 0 Å². The Hall–Kier alpha value is -3.46. The molecule has 0 aliphatic rings. The average molecular weight is 474 g/mol. The van der Waals surface area contributed by atoms with Gasteiger partial charge in [-0.1, -0.05) is 0 Å². The van der Waals surface area contributed by atoms with Crippen LogP contribution in [-0.2, 0) is 0 Å². The minimum absolute atomic E-state index is 0.0697. The number of pyridine rings is 1. The summed E-state index contributed by atoms with van der Waals surface area (Å²) in [5, 5.41) is 7.37. The van der Waals surface area contributed by atoms with Crippen molar-refractivity contribution in [3.05, 3.63) is 77.8 Å². The third-order valence-corrected chi connectivity index (χ3v) is 5.28. The molecule has 0 unspecified atom stereocenters. The van der Waals surface area contributed by atoms with Crippen molar-refractivity contribution in [2.75, 3.05) is 31.6 Å². The van der Waals surface area contributed by atoms with Crippen LogP contribution in [0.25, 0.3) is 22.5 Å². The largest absolute Gasteiger partial charge is 0.370 e. The van der Waals surface area contributed by atoms with Crippen LogP contribution in [0.3, 0.4) is 0 Å². The summed E-state index contributed by atoms with van der Waals surface area (Å²) in [5.74, 6) is -2.93. The maximum atomic E-state index is 15.2. The van der Waals surface area contributed by atoms with Gasteiger partial charge in [-0.15, -0.1) is 0 Å². The highest BCUT2D eigenvalue weighted by Gasteiger charge is 2.22. The quantitative estimate of drug-likeness (QED) is 0.314. The number of anilines is 1. The van der Waals surface area contributed by atoms with Crippen LogP contribution in [0.4, 0.5) is 23.2 Å². The van der Waals surface area contributed by atoms with E-state index in [1.54, 1.807) is 19.2 Å². The van der Waals surface area contributed by atoms with E-state index in [9.17, 15) is 8.78 Å². The van der Waals surface area contributed by atoms with E-state index in [1.165, 1.54) is 44.6 Å². The Morgan fingerprint density at radius 2 is 1.76 bits per heavy atom. The first-order valence-electron chi connectivity index (χ1n) is 10.9. The van der Waals surface area contributed by atoms with Crippen molar-refractivity contribution < 1.29 is 17.6 Å². The summed E-state index contributed by atoms with van der Waals surface area (Å²) in [6, 6.07) is 5.75. The SMILES string of the molecule is CCN(CCNC)c1cc(F)c(-n2cc(C(/C=C(\C)F)=C(/C)F)c(-c3ccncc3)n2)c(F)c1. The molecule has 3 rings (SSSR count). The summed E-state index contributed by atoms with van der Waals surface area (Å²) in [5.41, 5.74) is 0.879. The van der Waals surface area contributed by atoms with E-state index in [0.29, 0.717) is 30.9 Å². The third-order valence-electron chi connectivity index (χ3n) is 5.28. The fourth-order valence-corrected chi connectivity index (χ4v) is 3.64. The van der Waals surface area contributed by atoms with Crippen LogP contribution in [0.2, 0.25) is 0 Å². The number of benzene rings is 1. The zero-order chi connectivity index (χ0) is 24.8. The first-order chi connectivity index (χ1) is 16.3. The lowest BCUT2D eigenvalue weighted by Gasteiger charge is -2.23. The molecule has 9 heteroatoms. The summed E-state index contributed by atoms with van der Waals surface area (Å²) in [6.45, 7) is 6.05. The average Bonchev–Trinajstić information content (AvgIpc) is 3.22. The Bertz CT molecular complexity index is 1170. The minimum Gasteiger partial charge on any atom is -0.370 e. The van der Waals surface area contributed by atoms with E-state index in [-0.39, 0.29) is 16.8 Å². The molecule has 0 spiro atoms. The molecule has 0 saturated carbocycles. The molecular weight excluding hydrogens is 446 g/mol. The molecule has 0 radical (unpaired) electrons. The van der Waals surface area contributed by atoms with Gasteiger partial charge < -0.3 is 10.2 Å². The fraction of sp³-hybridized carbons (Fsp3) is 0.280. The molecule has 0 fully saturated rings. The van der Waals surface area contributed by atoms with Gasteiger partial charge in [-0.3, -0.25) is 4.98 Å². The zero-order valence-electron chi connectivity index (χ0n) is 19.5. The molecule has 2 heterocycles. The van der Waals surface area contributed by atoms with Crippen molar-refractivity contribution >= 4 is 11.3 Å². The van der Waals surface area contributed by atoms with Crippen LogP contribution in [-0.4, -0.2) is 41.4 Å². The van der Waals surface area contributed by atoms with Crippen LogP contribution in [0.5, 0.6) is 0 Å². The number of allylic oxidation sites excluding steroid dienone is 4. The van der Waals surface area contributed by atoms with Crippen molar-refractivity contribution in [1.82, 2.24) is 20.1 Å². The van der Waals surface area contributed by atoms with Crippen molar-refractivity contribution in [3.63, 3.8) is 0 Å². The summed E-state index contributed by atoms with van der Waals surface area (Å²) < 4.78 is 59.6. The predicted molar refractivity (Wildman–Crippen MR) is 127 cm³/mol. The molecule has 180 valence electrons. The molecule has 1 aromatic carbocycles. The lowest BCUT2D eigenvalue weighted by molar-refractivity contribution is 0.559. The number of nitrogens with zero attached hydrogens (tertiary/aromatic N) is 4. The number of nitrogens with one attached hydrogen (secondary N) is 1. The maximum Gasteiger partial charge on any atom is 0.153 e. The number of halogens is 4. The van der Waals surface area contributed by atoms with Gasteiger partial charge in [0.1, 0.15) is 17.2 Å². The molecular formula is C25H27F4N5. The zero-order valence-corrected chi connectivity index (χ0v) is 19.5. The first-order valence-corrected chi connectivity index (χ1v) is 10.9. The van der Waals surface area contributed by atoms with Gasteiger partial charge in [-0.05, 0) is 58.2 Å². The van der Waals surface area contributed by atoms with Gasteiger partial charge >= 0.3 is 0 Å². The fourth-order valence-electron chi connectivity index (χ4n) is 3.64. The Balaban J connectivity index is 2.19. The van der Waals surface area contributed by atoms with Gasteiger partial charge in [-0.25, -0.2) is 22.2 Å². The van der Waals surface area contributed by atoms with Gasteiger partial charge in [0, 0.05) is 60.6 Å². The van der Waals surface area contributed by atoms with E-state index in [0.717, 1.165) is 10.8 Å². The molecule has 2 aromatic heterocycles. The summed E-state index contributed by atoms with van der Waals surface area (Å²) in [4.78, 5) is 5.79. The van der Waals surface area contributed by atoms with E-state index in [2.05, 4.69) is 15.4 Å². The summed E-state index contributed by atoms with van der Waals surface area (Å²) in [6.07, 6.45) is 5.35. The standard InChI is InChI=1S/C25H27F4N5/c1-5-33(11-10-30-4)19-13-22(28)25(23(29)14-19)34-15-21(20(17(3)27)12-16(2)26)24(32-34)18-6-8-31-9-7-18/h6-9,12-15,30H,5,10-11H2,1-4H3/b16-12+,20-17-. The maximum absolute atomic E-state index is 15.2. The topological polar surface area (TPSA) is 46.0 Å². The highest BCUT2D eigenvalue weighted by atomic mass is 19.1. The van der Waals surface area contributed by atoms with Crippen molar-refractivity contribution in [2.45, 2.75) is 20.8 Å². The highest BCUT2D eigenvalue weighted by Crippen LogP contribution is 2.34. The Morgan fingerprint density at radius 3 is 2.29 bits per heavy atom. The van der Waals surface area contributed by atoms with E-state index in [1.807, 2.05) is 11.8 Å². The second kappa shape index (κ2) is 11.1. The van der Waals surface area contributed by atoms with Crippen LogP contribution in [0.1, 0.15) is 26.3 Å². The van der Waals surface area contributed by atoms with Crippen LogP contribution in [0.15, 0.2) is 60.6 Å². The van der Waals surface area contributed by atoms with Crippen LogP contribution < -0.4 is 10.2 Å². The number of rotatable bonds is 9. The van der Waals surface area contributed by atoms with Crippen molar-refractivity contribution in [3.8, 4) is 16.9 Å². The van der Waals surface area contributed by atoms with Gasteiger partial charge in [0.15, 0.2) is 11.6 Å². The molecule has 0 saturated heterocycles. The summed E-state index contributed by atoms with van der Waals surface area (Å²) >= 11 is 0. The van der Waals surface area contributed by atoms with Crippen molar-refractivity contribution in [1.29, 1.82) is 0 Å². The molecule has 1 N–H and O–H groups in total. The Labute approximate surface area is 196 Å². The van der Waals surface area contributed by atoms with Gasteiger partial charge in [0.25, 0.3) is 0 Å². The molecule has 34 heavy (non-hydrogen) atoms. The molecule has 0 atom stereocenters. The molecule has 0 aliphatic carbocycles. The van der Waals surface area contributed by atoms with Gasteiger partial charge in [-0.2, -0.15) is 5.10 Å². The third kappa shape index (κ3) is 5.53. The van der Waals surface area contributed by atoms with Crippen LogP contribution in [0, 0.1) is 11.6 Å². The predicted octanol–water partition coefficient (Wildman–Crippen LogP) is 5.83. The number of hydrogen-bond donors (Lipinski definition) is 1. The molecule has 3 aromatic rings. The monoisotopic (exact) mass is 473 g/mol. The van der Waals surface area contributed by atoms with Gasteiger partial charge in [0.2, 0.25) is 0 Å². The van der Waals surface area contributed by atoms with E-state index >= 15 is 8.78 Å². The second-order valence-electron chi connectivity index (χ2n) is 7.69. The van der Waals surface area contributed by atoms with E-state index in [4.69, 9.17) is 0 Å². The summed E-state index contributed by atoms with van der Waals surface area (Å²) in [7, 11) is 1.80. The normalized spacial score (nSPS) is 12.6. The Morgan fingerprint density at radius 1 is 1.12 bits per heavy atom. The first kappa shape index (κ1) is 25.2. The molecule has 0 aliphatic heterocycles. The van der Waals surface area contributed by atoms with Crippen molar-refractivity contribution in [2.24, 2.45) is 0 Å². The second-order valence-corrected chi connectivity index (χ2v) is 7.69. The minimum atomic E-state index is -0.826. The molecule has 0 amide bonds. The number of aromatic nitrogens is 3. The molecule has 0 bridgehead atoms. The Kier molecular flexibility index (Phi) is 8.22. The lowest BCUT2D eigenvalue weighted by Crippen LogP contribution is -2.30. The smallest absolute Gasteiger partial charge is 0.153 e. The lowest BCUT2D eigenvalue weighted by atomic mass is 10.0. The van der Waals surface area contributed by atoms with Gasteiger partial charge in [0.05, 0.1) is 5.83 Å². The van der Waals surface area contributed by atoms with E-state index < -0.39 is 29.0 Å². The molecule has 5 nitrogen and oxygen atoms in total. The highest BCUT2D eigenvalue weighted by molar-refractivity contribution is 5.84. The number of likely N-dealkylation sites (N-methyl/N-ethyl adjacent to an activating group) is 2.